The summed E-state index contributed by atoms with van der Waals surface area (Å²) in [6.07, 6.45) is 5.00. The molecule has 0 unspecified atom stereocenters. The van der Waals surface area contributed by atoms with E-state index in [1.54, 1.807) is 12.1 Å². The molecule has 1 heterocycles. The normalized spacial score (nSPS) is 21.2. The van der Waals surface area contributed by atoms with Gasteiger partial charge in [-0.25, -0.2) is 8.42 Å². The number of ether oxygens (including phenoxy) is 1. The third-order valence-electron chi connectivity index (χ3n) is 4.54. The number of amides is 1. The van der Waals surface area contributed by atoms with Crippen molar-refractivity contribution < 1.29 is 17.9 Å². The zero-order valence-corrected chi connectivity index (χ0v) is 15.8. The second kappa shape index (κ2) is 8.67. The molecule has 2 atom stereocenters. The smallest absolute Gasteiger partial charge is 0.222 e. The lowest BCUT2D eigenvalue weighted by molar-refractivity contribution is -0.134. The largest absolute Gasteiger partial charge is 0.494 e. The van der Waals surface area contributed by atoms with Crippen molar-refractivity contribution >= 4 is 15.7 Å². The lowest BCUT2D eigenvalue weighted by Crippen LogP contribution is -2.48. The molecule has 1 aromatic rings. The first-order chi connectivity index (χ1) is 11.8. The molecule has 1 amide bonds. The summed E-state index contributed by atoms with van der Waals surface area (Å²) in [6, 6.07) is 6.82. The third-order valence-corrected chi connectivity index (χ3v) is 5.67. The molecule has 1 saturated heterocycles. The number of nitrogens with zero attached hydrogens (tertiary/aromatic N) is 1. The summed E-state index contributed by atoms with van der Waals surface area (Å²) in [7, 11) is -3.18. The van der Waals surface area contributed by atoms with E-state index in [9.17, 15) is 13.2 Å². The number of carbonyl (C=O) groups excluding carboxylic acids is 1. The van der Waals surface area contributed by atoms with E-state index in [1.165, 1.54) is 18.4 Å². The van der Waals surface area contributed by atoms with Crippen LogP contribution in [0.2, 0.25) is 0 Å². The quantitative estimate of drug-likeness (QED) is 0.743. The molecule has 0 radical (unpaired) electrons. The maximum atomic E-state index is 12.3. The predicted molar refractivity (Wildman–Crippen MR) is 97.3 cm³/mol. The second-order valence-corrected chi connectivity index (χ2v) is 8.79. The van der Waals surface area contributed by atoms with Crippen LogP contribution in [0.25, 0.3) is 0 Å². The number of piperidine rings is 1. The highest BCUT2D eigenvalue weighted by molar-refractivity contribution is 7.90. The number of sulfone groups is 1. The third kappa shape index (κ3) is 6.01. The van der Waals surface area contributed by atoms with Gasteiger partial charge >= 0.3 is 0 Å². The molecule has 2 rings (SSSR count). The van der Waals surface area contributed by atoms with E-state index in [2.05, 4.69) is 6.92 Å². The van der Waals surface area contributed by atoms with Crippen molar-refractivity contribution in [2.24, 2.45) is 5.73 Å². The summed E-state index contributed by atoms with van der Waals surface area (Å²) in [5, 5.41) is 0. The van der Waals surface area contributed by atoms with Crippen molar-refractivity contribution in [1.82, 2.24) is 4.90 Å². The minimum Gasteiger partial charge on any atom is -0.494 e. The number of benzene rings is 1. The molecule has 6 nitrogen and oxygen atoms in total. The molecular formula is C18H28N2O4S. The molecule has 140 valence electrons. The molecule has 0 spiro atoms. The highest BCUT2D eigenvalue weighted by atomic mass is 32.2. The Morgan fingerprint density at radius 1 is 1.28 bits per heavy atom. The van der Waals surface area contributed by atoms with Crippen molar-refractivity contribution in [3.8, 4) is 5.75 Å². The van der Waals surface area contributed by atoms with Crippen LogP contribution >= 0.6 is 0 Å². The molecule has 1 aliphatic rings. The summed E-state index contributed by atoms with van der Waals surface area (Å²) in [4.78, 5) is 14.5. The molecule has 0 bridgehead atoms. The minimum absolute atomic E-state index is 0.192. The van der Waals surface area contributed by atoms with Gasteiger partial charge in [0, 0.05) is 31.3 Å². The van der Waals surface area contributed by atoms with Crippen molar-refractivity contribution in [3.05, 3.63) is 24.3 Å². The van der Waals surface area contributed by atoms with Gasteiger partial charge in [0.1, 0.15) is 5.75 Å². The van der Waals surface area contributed by atoms with Gasteiger partial charge in [-0.05, 0) is 56.9 Å². The average molecular weight is 368 g/mol. The van der Waals surface area contributed by atoms with Crippen molar-refractivity contribution in [2.45, 2.75) is 56.0 Å². The van der Waals surface area contributed by atoms with Crippen LogP contribution in [-0.2, 0) is 14.6 Å². The molecule has 1 fully saturated rings. The van der Waals surface area contributed by atoms with Crippen LogP contribution in [0.15, 0.2) is 29.2 Å². The van der Waals surface area contributed by atoms with E-state index in [0.29, 0.717) is 18.8 Å². The van der Waals surface area contributed by atoms with Crippen LogP contribution in [-0.4, -0.2) is 50.7 Å². The summed E-state index contributed by atoms with van der Waals surface area (Å²) >= 11 is 0. The molecule has 1 aromatic carbocycles. The van der Waals surface area contributed by atoms with E-state index in [1.807, 2.05) is 4.90 Å². The highest BCUT2D eigenvalue weighted by Gasteiger charge is 2.26. The minimum atomic E-state index is -3.18. The Morgan fingerprint density at radius 3 is 2.56 bits per heavy atom. The van der Waals surface area contributed by atoms with Crippen LogP contribution in [0, 0.1) is 0 Å². The Labute approximate surface area is 150 Å². The standard InChI is InChI=1S/C18H28N2O4S/c1-14-13-15(19)10-11-20(14)18(21)5-3-4-12-24-16-6-8-17(9-7-16)25(2,22)23/h6-9,14-15H,3-5,10-13,19H2,1-2H3/t14-,15-/m1/s1. The van der Waals surface area contributed by atoms with Gasteiger partial charge in [-0.1, -0.05) is 0 Å². The topological polar surface area (TPSA) is 89.7 Å². The number of rotatable bonds is 7. The van der Waals surface area contributed by atoms with Gasteiger partial charge in [-0.3, -0.25) is 4.79 Å². The van der Waals surface area contributed by atoms with Gasteiger partial charge in [0.2, 0.25) is 5.91 Å². The maximum absolute atomic E-state index is 12.3. The van der Waals surface area contributed by atoms with Gasteiger partial charge in [0.05, 0.1) is 11.5 Å². The van der Waals surface area contributed by atoms with Gasteiger partial charge in [0.25, 0.3) is 0 Å². The zero-order chi connectivity index (χ0) is 18.4. The molecule has 0 aromatic heterocycles. The van der Waals surface area contributed by atoms with Crippen LogP contribution < -0.4 is 10.5 Å². The summed E-state index contributed by atoms with van der Waals surface area (Å²) < 4.78 is 28.4. The number of carbonyl (C=O) groups is 1. The van der Waals surface area contributed by atoms with E-state index in [-0.39, 0.29) is 22.9 Å². The number of nitrogens with two attached hydrogens (primary N) is 1. The fraction of sp³-hybridized carbons (Fsp3) is 0.611. The van der Waals surface area contributed by atoms with E-state index < -0.39 is 9.84 Å². The number of hydrogen-bond donors (Lipinski definition) is 1. The lowest BCUT2D eigenvalue weighted by atomic mass is 9.98. The molecule has 0 saturated carbocycles. The number of hydrogen-bond acceptors (Lipinski definition) is 5. The SMILES string of the molecule is C[C@@H]1C[C@H](N)CCN1C(=O)CCCCOc1ccc(S(C)(=O)=O)cc1. The Bertz CT molecular complexity index is 673. The molecule has 7 heteroatoms. The maximum Gasteiger partial charge on any atom is 0.222 e. The van der Waals surface area contributed by atoms with E-state index in [4.69, 9.17) is 10.5 Å². The molecular weight excluding hydrogens is 340 g/mol. The Morgan fingerprint density at radius 2 is 1.96 bits per heavy atom. The van der Waals surface area contributed by atoms with E-state index in [0.717, 1.165) is 32.2 Å². The summed E-state index contributed by atoms with van der Waals surface area (Å²) in [5.41, 5.74) is 5.93. The molecule has 25 heavy (non-hydrogen) atoms. The molecule has 2 N–H and O–H groups in total. The Kier molecular flexibility index (Phi) is 6.84. The van der Waals surface area contributed by atoms with Crippen LogP contribution in [0.5, 0.6) is 5.75 Å². The monoisotopic (exact) mass is 368 g/mol. The lowest BCUT2D eigenvalue weighted by Gasteiger charge is -2.36. The first-order valence-electron chi connectivity index (χ1n) is 8.75. The predicted octanol–water partition coefficient (Wildman–Crippen LogP) is 1.98. The summed E-state index contributed by atoms with van der Waals surface area (Å²) in [5.74, 6) is 0.828. The van der Waals surface area contributed by atoms with Crippen LogP contribution in [0.4, 0.5) is 0 Å². The average Bonchev–Trinajstić information content (AvgIpc) is 2.54. The fourth-order valence-corrected chi connectivity index (χ4v) is 3.70. The summed E-state index contributed by atoms with van der Waals surface area (Å²) in [6.45, 7) is 3.32. The molecule has 1 aliphatic heterocycles. The van der Waals surface area contributed by atoms with Gasteiger partial charge in [0.15, 0.2) is 9.84 Å². The van der Waals surface area contributed by atoms with Gasteiger partial charge in [-0.15, -0.1) is 0 Å². The van der Waals surface area contributed by atoms with Crippen LogP contribution in [0.1, 0.15) is 39.0 Å². The zero-order valence-electron chi connectivity index (χ0n) is 15.0. The number of unbranched alkanes of at least 4 members (excludes halogenated alkanes) is 1. The first kappa shape index (κ1) is 19.7. The van der Waals surface area contributed by atoms with Gasteiger partial charge < -0.3 is 15.4 Å². The van der Waals surface area contributed by atoms with Crippen molar-refractivity contribution in [1.29, 1.82) is 0 Å². The fourth-order valence-electron chi connectivity index (χ4n) is 3.07. The van der Waals surface area contributed by atoms with Gasteiger partial charge in [-0.2, -0.15) is 0 Å². The first-order valence-corrected chi connectivity index (χ1v) is 10.6. The second-order valence-electron chi connectivity index (χ2n) is 6.77. The molecule has 0 aliphatic carbocycles. The number of likely N-dealkylation sites (tertiary alicyclic amines) is 1. The highest BCUT2D eigenvalue weighted by Crippen LogP contribution is 2.18. The van der Waals surface area contributed by atoms with Crippen molar-refractivity contribution in [2.75, 3.05) is 19.4 Å². The Hall–Kier alpha value is -1.60. The van der Waals surface area contributed by atoms with E-state index >= 15 is 0 Å². The Balaban J connectivity index is 1.67. The van der Waals surface area contributed by atoms with Crippen LogP contribution in [0.3, 0.4) is 0 Å². The van der Waals surface area contributed by atoms with Crippen molar-refractivity contribution in [3.63, 3.8) is 0 Å².